The minimum absolute atomic E-state index is 0.205. The van der Waals surface area contributed by atoms with E-state index in [1.807, 2.05) is 19.9 Å². The van der Waals surface area contributed by atoms with E-state index in [1.54, 1.807) is 7.11 Å². The second-order valence-electron chi connectivity index (χ2n) is 4.78. The van der Waals surface area contributed by atoms with Crippen LogP contribution in [0.15, 0.2) is 6.07 Å². The summed E-state index contributed by atoms with van der Waals surface area (Å²) in [6.45, 7) is 3.86. The summed E-state index contributed by atoms with van der Waals surface area (Å²) >= 11 is 6.29. The van der Waals surface area contributed by atoms with E-state index in [2.05, 4.69) is 0 Å². The number of esters is 1. The van der Waals surface area contributed by atoms with Crippen LogP contribution in [-0.2, 0) is 14.9 Å². The van der Waals surface area contributed by atoms with Crippen molar-refractivity contribution in [3.63, 3.8) is 0 Å². The normalized spacial score (nSPS) is 16.3. The second kappa shape index (κ2) is 4.47. The van der Waals surface area contributed by atoms with Crippen LogP contribution >= 0.6 is 11.6 Å². The van der Waals surface area contributed by atoms with Crippen molar-refractivity contribution in [1.29, 1.82) is 0 Å². The predicted octanol–water partition coefficient (Wildman–Crippen LogP) is 3.17. The van der Waals surface area contributed by atoms with Crippen LogP contribution in [-0.4, -0.2) is 20.2 Å². The molecule has 0 aromatic heterocycles. The molecule has 0 N–H and O–H groups in total. The highest BCUT2D eigenvalue weighted by Gasteiger charge is 2.55. The predicted molar refractivity (Wildman–Crippen MR) is 70.4 cm³/mol. The van der Waals surface area contributed by atoms with Crippen molar-refractivity contribution in [3.8, 4) is 5.75 Å². The Morgan fingerprint density at radius 1 is 1.33 bits per heavy atom. The first-order valence-corrected chi connectivity index (χ1v) is 6.28. The zero-order valence-electron chi connectivity index (χ0n) is 11.1. The van der Waals surface area contributed by atoms with E-state index in [-0.39, 0.29) is 5.97 Å². The average molecular weight is 269 g/mol. The third kappa shape index (κ3) is 1.77. The monoisotopic (exact) mass is 268 g/mol. The molecule has 0 aliphatic heterocycles. The number of ether oxygens (including phenoxy) is 2. The smallest absolute Gasteiger partial charge is 0.316 e. The highest BCUT2D eigenvalue weighted by molar-refractivity contribution is 6.32. The summed E-state index contributed by atoms with van der Waals surface area (Å²) in [5.41, 5.74) is 2.20. The van der Waals surface area contributed by atoms with E-state index in [0.29, 0.717) is 5.02 Å². The third-order valence-electron chi connectivity index (χ3n) is 3.67. The SMILES string of the molecule is COC(=O)C1(c2c(OC)cc(C)c(Cl)c2C)CC1. The maximum absolute atomic E-state index is 12.0. The molecule has 3 nitrogen and oxygen atoms in total. The first-order valence-electron chi connectivity index (χ1n) is 5.90. The summed E-state index contributed by atoms with van der Waals surface area (Å²) in [6.07, 6.45) is 1.58. The summed E-state index contributed by atoms with van der Waals surface area (Å²) in [6, 6.07) is 1.88. The Morgan fingerprint density at radius 3 is 2.39 bits per heavy atom. The molecule has 0 unspecified atom stereocenters. The molecule has 1 aliphatic carbocycles. The van der Waals surface area contributed by atoms with Gasteiger partial charge in [0.25, 0.3) is 0 Å². The van der Waals surface area contributed by atoms with Crippen molar-refractivity contribution >= 4 is 17.6 Å². The molecule has 1 aliphatic rings. The van der Waals surface area contributed by atoms with Gasteiger partial charge in [-0.05, 0) is 43.9 Å². The molecule has 1 fully saturated rings. The van der Waals surface area contributed by atoms with Crippen LogP contribution in [0, 0.1) is 13.8 Å². The highest BCUT2D eigenvalue weighted by atomic mass is 35.5. The third-order valence-corrected chi connectivity index (χ3v) is 4.25. The lowest BCUT2D eigenvalue weighted by Crippen LogP contribution is -2.24. The molecular weight excluding hydrogens is 252 g/mol. The lowest BCUT2D eigenvalue weighted by molar-refractivity contribution is -0.143. The Labute approximate surface area is 112 Å². The Kier molecular flexibility index (Phi) is 3.28. The van der Waals surface area contributed by atoms with Crippen LogP contribution in [0.25, 0.3) is 0 Å². The number of hydrogen-bond acceptors (Lipinski definition) is 3. The molecule has 0 atom stereocenters. The Balaban J connectivity index is 2.64. The van der Waals surface area contributed by atoms with Gasteiger partial charge in [0.1, 0.15) is 5.75 Å². The average Bonchev–Trinajstić information content (AvgIpc) is 3.15. The molecule has 1 aromatic carbocycles. The summed E-state index contributed by atoms with van der Waals surface area (Å²) in [5, 5.41) is 0.695. The van der Waals surface area contributed by atoms with E-state index >= 15 is 0 Å². The molecule has 0 saturated heterocycles. The summed E-state index contributed by atoms with van der Waals surface area (Å²) in [4.78, 5) is 12.0. The van der Waals surface area contributed by atoms with Crippen LogP contribution < -0.4 is 4.74 Å². The van der Waals surface area contributed by atoms with Crippen LogP contribution in [0.5, 0.6) is 5.75 Å². The zero-order valence-corrected chi connectivity index (χ0v) is 11.9. The van der Waals surface area contributed by atoms with Crippen molar-refractivity contribution in [2.75, 3.05) is 14.2 Å². The largest absolute Gasteiger partial charge is 0.496 e. The van der Waals surface area contributed by atoms with Crippen molar-refractivity contribution in [3.05, 3.63) is 27.8 Å². The molecule has 2 rings (SSSR count). The number of rotatable bonds is 3. The van der Waals surface area contributed by atoms with Gasteiger partial charge < -0.3 is 9.47 Å². The topological polar surface area (TPSA) is 35.5 Å². The zero-order chi connectivity index (χ0) is 13.5. The van der Waals surface area contributed by atoms with E-state index in [0.717, 1.165) is 35.3 Å². The van der Waals surface area contributed by atoms with Crippen LogP contribution in [0.3, 0.4) is 0 Å². The van der Waals surface area contributed by atoms with Crippen molar-refractivity contribution in [2.24, 2.45) is 0 Å². The first kappa shape index (κ1) is 13.2. The molecule has 98 valence electrons. The van der Waals surface area contributed by atoms with E-state index in [1.165, 1.54) is 7.11 Å². The van der Waals surface area contributed by atoms with Crippen LogP contribution in [0.1, 0.15) is 29.5 Å². The molecule has 1 saturated carbocycles. The van der Waals surface area contributed by atoms with E-state index in [9.17, 15) is 4.79 Å². The Hall–Kier alpha value is -1.22. The van der Waals surface area contributed by atoms with E-state index < -0.39 is 5.41 Å². The summed E-state index contributed by atoms with van der Waals surface area (Å²) in [7, 11) is 3.03. The Morgan fingerprint density at radius 2 is 1.94 bits per heavy atom. The number of aryl methyl sites for hydroxylation is 1. The summed E-state index contributed by atoms with van der Waals surface area (Å²) in [5.74, 6) is 0.515. The highest BCUT2D eigenvalue weighted by Crippen LogP contribution is 2.54. The molecule has 0 radical (unpaired) electrons. The van der Waals surface area contributed by atoms with Gasteiger partial charge in [-0.1, -0.05) is 11.6 Å². The summed E-state index contributed by atoms with van der Waals surface area (Å²) < 4.78 is 10.3. The van der Waals surface area contributed by atoms with Gasteiger partial charge in [0.05, 0.1) is 19.6 Å². The quantitative estimate of drug-likeness (QED) is 0.790. The molecule has 1 aromatic rings. The number of carbonyl (C=O) groups excluding carboxylic acids is 1. The maximum Gasteiger partial charge on any atom is 0.316 e. The molecule has 0 amide bonds. The van der Waals surface area contributed by atoms with Gasteiger partial charge in [0.2, 0.25) is 0 Å². The van der Waals surface area contributed by atoms with Crippen LogP contribution in [0.2, 0.25) is 5.02 Å². The van der Waals surface area contributed by atoms with Crippen molar-refractivity contribution in [2.45, 2.75) is 32.1 Å². The van der Waals surface area contributed by atoms with Gasteiger partial charge >= 0.3 is 5.97 Å². The molecule has 4 heteroatoms. The van der Waals surface area contributed by atoms with Gasteiger partial charge in [-0.25, -0.2) is 0 Å². The van der Waals surface area contributed by atoms with Crippen molar-refractivity contribution < 1.29 is 14.3 Å². The molecule has 0 heterocycles. The molecule has 18 heavy (non-hydrogen) atoms. The molecule has 0 bridgehead atoms. The molecule has 0 spiro atoms. The number of methoxy groups -OCH3 is 2. The van der Waals surface area contributed by atoms with Gasteiger partial charge in [-0.15, -0.1) is 0 Å². The fourth-order valence-corrected chi connectivity index (χ4v) is 2.70. The number of halogens is 1. The lowest BCUT2D eigenvalue weighted by Gasteiger charge is -2.21. The van der Waals surface area contributed by atoms with Crippen LogP contribution in [0.4, 0.5) is 0 Å². The lowest BCUT2D eigenvalue weighted by atomic mass is 9.89. The minimum atomic E-state index is -0.554. The molecular formula is C14H17ClO3. The number of hydrogen-bond donors (Lipinski definition) is 0. The van der Waals surface area contributed by atoms with Gasteiger partial charge in [-0.3, -0.25) is 4.79 Å². The Bertz CT molecular complexity index is 504. The van der Waals surface area contributed by atoms with Gasteiger partial charge in [0.15, 0.2) is 0 Å². The fourth-order valence-electron chi connectivity index (χ4n) is 2.55. The number of benzene rings is 1. The van der Waals surface area contributed by atoms with Gasteiger partial charge in [0, 0.05) is 10.6 Å². The minimum Gasteiger partial charge on any atom is -0.496 e. The number of carbonyl (C=O) groups is 1. The van der Waals surface area contributed by atoms with E-state index in [4.69, 9.17) is 21.1 Å². The van der Waals surface area contributed by atoms with Gasteiger partial charge in [-0.2, -0.15) is 0 Å². The fraction of sp³-hybridized carbons (Fsp3) is 0.500. The maximum atomic E-state index is 12.0. The first-order chi connectivity index (χ1) is 8.47. The van der Waals surface area contributed by atoms with Crippen molar-refractivity contribution in [1.82, 2.24) is 0 Å². The second-order valence-corrected chi connectivity index (χ2v) is 5.16. The standard InChI is InChI=1S/C14H17ClO3/c1-8-7-10(17-3)11(9(2)12(8)15)14(5-6-14)13(16)18-4/h7H,5-6H2,1-4H3.